The third-order valence-electron chi connectivity index (χ3n) is 3.98. The Hall–Kier alpha value is -0.430. The van der Waals surface area contributed by atoms with E-state index in [9.17, 15) is 8.42 Å². The summed E-state index contributed by atoms with van der Waals surface area (Å²) in [5.41, 5.74) is 1.35. The van der Waals surface area contributed by atoms with Crippen molar-refractivity contribution in [3.05, 3.63) is 21.4 Å². The number of hydrogen-bond donors (Lipinski definition) is 1. The highest BCUT2D eigenvalue weighted by Gasteiger charge is 2.28. The van der Waals surface area contributed by atoms with Crippen LogP contribution in [0.4, 0.5) is 0 Å². The number of nitrogens with zero attached hydrogens (tertiary/aromatic N) is 1. The van der Waals surface area contributed by atoms with E-state index in [1.807, 2.05) is 18.3 Å². The van der Waals surface area contributed by atoms with Crippen molar-refractivity contribution in [1.82, 2.24) is 10.2 Å². The third kappa shape index (κ3) is 4.77. The summed E-state index contributed by atoms with van der Waals surface area (Å²) in [5.74, 6) is 0.590. The van der Waals surface area contributed by atoms with Crippen LogP contribution in [0.15, 0.2) is 6.07 Å². The molecule has 21 heavy (non-hydrogen) atoms. The molecule has 1 aliphatic heterocycles. The Morgan fingerprint density at radius 1 is 1.48 bits per heavy atom. The Balaban J connectivity index is 1.96. The summed E-state index contributed by atoms with van der Waals surface area (Å²) in [4.78, 5) is 5.01. The molecule has 4 nitrogen and oxygen atoms in total. The van der Waals surface area contributed by atoms with Crippen molar-refractivity contribution in [1.29, 1.82) is 0 Å². The fourth-order valence-electron chi connectivity index (χ4n) is 2.71. The van der Waals surface area contributed by atoms with E-state index >= 15 is 0 Å². The molecule has 1 N–H and O–H groups in total. The molecule has 1 aliphatic rings. The zero-order chi connectivity index (χ0) is 15.5. The number of aryl methyl sites for hydroxylation is 1. The van der Waals surface area contributed by atoms with Gasteiger partial charge in [0.15, 0.2) is 9.84 Å². The van der Waals surface area contributed by atoms with Gasteiger partial charge in [-0.1, -0.05) is 6.92 Å². The SMILES string of the molecule is CCCNCc1cc(CN2CCS(=O)(=O)CC2C)c(C)s1. The van der Waals surface area contributed by atoms with Gasteiger partial charge in [-0.25, -0.2) is 8.42 Å². The summed E-state index contributed by atoms with van der Waals surface area (Å²) >= 11 is 1.85. The molecule has 0 spiro atoms. The van der Waals surface area contributed by atoms with E-state index in [-0.39, 0.29) is 6.04 Å². The van der Waals surface area contributed by atoms with Gasteiger partial charge in [0.2, 0.25) is 0 Å². The van der Waals surface area contributed by atoms with E-state index in [2.05, 4.69) is 30.1 Å². The summed E-state index contributed by atoms with van der Waals surface area (Å²) in [7, 11) is -2.83. The fraction of sp³-hybridized carbons (Fsp3) is 0.733. The van der Waals surface area contributed by atoms with Gasteiger partial charge in [0, 0.05) is 35.4 Å². The van der Waals surface area contributed by atoms with Gasteiger partial charge in [-0.15, -0.1) is 11.3 Å². The van der Waals surface area contributed by atoms with Gasteiger partial charge < -0.3 is 5.32 Å². The minimum atomic E-state index is -2.83. The number of thiophene rings is 1. The van der Waals surface area contributed by atoms with Crippen molar-refractivity contribution >= 4 is 21.2 Å². The molecule has 0 aliphatic carbocycles. The second kappa shape index (κ2) is 7.22. The van der Waals surface area contributed by atoms with E-state index in [0.717, 1.165) is 26.1 Å². The Morgan fingerprint density at radius 3 is 2.90 bits per heavy atom. The highest BCUT2D eigenvalue weighted by Crippen LogP contribution is 2.24. The summed E-state index contributed by atoms with van der Waals surface area (Å²) in [5, 5.41) is 3.43. The van der Waals surface area contributed by atoms with Crippen LogP contribution in [0, 0.1) is 6.92 Å². The van der Waals surface area contributed by atoms with E-state index in [0.29, 0.717) is 18.1 Å². The maximum absolute atomic E-state index is 11.6. The molecule has 1 fully saturated rings. The molecule has 2 rings (SSSR count). The quantitative estimate of drug-likeness (QED) is 0.812. The van der Waals surface area contributed by atoms with Crippen LogP contribution in [-0.4, -0.2) is 44.0 Å². The number of rotatable bonds is 6. The van der Waals surface area contributed by atoms with E-state index in [1.165, 1.54) is 15.3 Å². The lowest BCUT2D eigenvalue weighted by atomic mass is 10.2. The van der Waals surface area contributed by atoms with Gasteiger partial charge in [0.05, 0.1) is 11.5 Å². The van der Waals surface area contributed by atoms with Crippen molar-refractivity contribution in [2.75, 3.05) is 24.6 Å². The summed E-state index contributed by atoms with van der Waals surface area (Å²) < 4.78 is 23.3. The molecule has 0 saturated carbocycles. The second-order valence-electron chi connectivity index (χ2n) is 5.90. The highest BCUT2D eigenvalue weighted by molar-refractivity contribution is 7.91. The first-order valence-electron chi connectivity index (χ1n) is 7.64. The normalized spacial score (nSPS) is 22.5. The first kappa shape index (κ1) is 16.9. The summed E-state index contributed by atoms with van der Waals surface area (Å²) in [6, 6.07) is 2.39. The van der Waals surface area contributed by atoms with Crippen molar-refractivity contribution in [2.45, 2.75) is 46.3 Å². The van der Waals surface area contributed by atoms with Crippen LogP contribution < -0.4 is 5.32 Å². The zero-order valence-electron chi connectivity index (χ0n) is 13.2. The molecule has 6 heteroatoms. The van der Waals surface area contributed by atoms with E-state index in [4.69, 9.17) is 0 Å². The lowest BCUT2D eigenvalue weighted by Gasteiger charge is -2.33. The molecular weight excluding hydrogens is 304 g/mol. The zero-order valence-corrected chi connectivity index (χ0v) is 14.8. The Bertz CT molecular complexity index is 566. The van der Waals surface area contributed by atoms with E-state index in [1.54, 1.807) is 0 Å². The van der Waals surface area contributed by atoms with Crippen LogP contribution in [0.2, 0.25) is 0 Å². The molecule has 1 atom stereocenters. The van der Waals surface area contributed by atoms with Crippen molar-refractivity contribution in [3.63, 3.8) is 0 Å². The van der Waals surface area contributed by atoms with Crippen LogP contribution in [0.25, 0.3) is 0 Å². The summed E-state index contributed by atoms with van der Waals surface area (Å²) in [6.45, 7) is 9.85. The molecule has 2 heterocycles. The minimum Gasteiger partial charge on any atom is -0.312 e. The second-order valence-corrected chi connectivity index (χ2v) is 9.47. The topological polar surface area (TPSA) is 49.4 Å². The Morgan fingerprint density at radius 2 is 2.24 bits per heavy atom. The van der Waals surface area contributed by atoms with Gasteiger partial charge >= 0.3 is 0 Å². The van der Waals surface area contributed by atoms with Gasteiger partial charge in [-0.05, 0) is 38.4 Å². The first-order valence-corrected chi connectivity index (χ1v) is 10.3. The Kier molecular flexibility index (Phi) is 5.82. The maximum Gasteiger partial charge on any atom is 0.153 e. The predicted octanol–water partition coefficient (Wildman–Crippen LogP) is 2.18. The minimum absolute atomic E-state index is 0.115. The highest BCUT2D eigenvalue weighted by atomic mass is 32.2. The molecule has 120 valence electrons. The Labute approximate surface area is 132 Å². The predicted molar refractivity (Wildman–Crippen MR) is 89.6 cm³/mol. The number of sulfone groups is 1. The van der Waals surface area contributed by atoms with Gasteiger partial charge in [-0.3, -0.25) is 4.90 Å². The van der Waals surface area contributed by atoms with Crippen molar-refractivity contribution in [3.8, 4) is 0 Å². The van der Waals surface area contributed by atoms with Crippen LogP contribution in [0.5, 0.6) is 0 Å². The molecule has 0 radical (unpaired) electrons. The lowest BCUT2D eigenvalue weighted by Crippen LogP contribution is -2.46. The van der Waals surface area contributed by atoms with Crippen LogP contribution in [0.1, 0.15) is 35.6 Å². The lowest BCUT2D eigenvalue weighted by molar-refractivity contribution is 0.218. The fourth-order valence-corrected chi connectivity index (χ4v) is 5.36. The number of nitrogens with one attached hydrogen (secondary N) is 1. The largest absolute Gasteiger partial charge is 0.312 e. The average molecular weight is 331 g/mol. The molecule has 1 saturated heterocycles. The molecule has 0 bridgehead atoms. The third-order valence-corrected chi connectivity index (χ3v) is 6.87. The molecular formula is C15H26N2O2S2. The monoisotopic (exact) mass is 330 g/mol. The van der Waals surface area contributed by atoms with Crippen LogP contribution in [0.3, 0.4) is 0 Å². The molecule has 1 unspecified atom stereocenters. The maximum atomic E-state index is 11.6. The first-order chi connectivity index (χ1) is 9.91. The van der Waals surface area contributed by atoms with Crippen LogP contribution in [-0.2, 0) is 22.9 Å². The summed E-state index contributed by atoms with van der Waals surface area (Å²) in [6.07, 6.45) is 1.15. The molecule has 0 amide bonds. The average Bonchev–Trinajstić information content (AvgIpc) is 2.73. The van der Waals surface area contributed by atoms with Gasteiger partial charge in [-0.2, -0.15) is 0 Å². The standard InChI is InChI=1S/C15H26N2O2S2/c1-4-5-16-9-15-8-14(13(3)20-15)10-17-6-7-21(18,19)11-12(17)2/h8,12,16H,4-7,9-11H2,1-3H3. The van der Waals surface area contributed by atoms with E-state index < -0.39 is 9.84 Å². The van der Waals surface area contributed by atoms with Gasteiger partial charge in [0.25, 0.3) is 0 Å². The van der Waals surface area contributed by atoms with Crippen molar-refractivity contribution < 1.29 is 8.42 Å². The molecule has 1 aromatic rings. The van der Waals surface area contributed by atoms with Crippen LogP contribution >= 0.6 is 11.3 Å². The van der Waals surface area contributed by atoms with Gasteiger partial charge in [0.1, 0.15) is 0 Å². The van der Waals surface area contributed by atoms with Crippen molar-refractivity contribution in [2.24, 2.45) is 0 Å². The smallest absolute Gasteiger partial charge is 0.153 e. The number of hydrogen-bond acceptors (Lipinski definition) is 5. The molecule has 0 aromatic carbocycles. The molecule has 1 aromatic heterocycles.